The van der Waals surface area contributed by atoms with Gasteiger partial charge in [-0.2, -0.15) is 0 Å². The van der Waals surface area contributed by atoms with Crippen molar-refractivity contribution in [3.05, 3.63) is 88.4 Å². The zero-order valence-electron chi connectivity index (χ0n) is 23.2. The molecule has 1 saturated heterocycles. The highest BCUT2D eigenvalue weighted by Crippen LogP contribution is 2.28. The lowest BCUT2D eigenvalue weighted by atomic mass is 10.1. The molecule has 1 N–H and O–H groups in total. The molecule has 1 aliphatic rings. The van der Waals surface area contributed by atoms with Crippen molar-refractivity contribution in [2.75, 3.05) is 56.6 Å². The molecule has 8 nitrogen and oxygen atoms in total. The monoisotopic (exact) mass is 562 g/mol. The number of methoxy groups -OCH3 is 1. The van der Waals surface area contributed by atoms with Crippen LogP contribution in [0.5, 0.6) is 5.75 Å². The number of nitrogens with one attached hydrogen (secondary N) is 1. The van der Waals surface area contributed by atoms with Crippen LogP contribution >= 0.6 is 11.6 Å². The van der Waals surface area contributed by atoms with E-state index in [9.17, 15) is 14.4 Å². The van der Waals surface area contributed by atoms with E-state index in [0.717, 1.165) is 12.1 Å². The lowest BCUT2D eigenvalue weighted by Gasteiger charge is -2.28. The van der Waals surface area contributed by atoms with Gasteiger partial charge in [-0.15, -0.1) is 0 Å². The van der Waals surface area contributed by atoms with Gasteiger partial charge in [0.2, 0.25) is 0 Å². The topological polar surface area (TPSA) is 82.2 Å². The Labute approximate surface area is 240 Å². The summed E-state index contributed by atoms with van der Waals surface area (Å²) in [5.41, 5.74) is 2.90. The van der Waals surface area contributed by atoms with Crippen molar-refractivity contribution >= 4 is 40.7 Å². The van der Waals surface area contributed by atoms with Gasteiger partial charge in [-0.25, -0.2) is 0 Å². The van der Waals surface area contributed by atoms with E-state index >= 15 is 0 Å². The molecule has 0 atom stereocenters. The van der Waals surface area contributed by atoms with E-state index in [0.29, 0.717) is 72.4 Å². The first-order valence-electron chi connectivity index (χ1n) is 13.5. The first-order valence-corrected chi connectivity index (χ1v) is 13.9. The Morgan fingerprint density at radius 3 is 2.35 bits per heavy atom. The molecule has 0 spiro atoms. The van der Waals surface area contributed by atoms with E-state index in [4.69, 9.17) is 16.3 Å². The maximum absolute atomic E-state index is 13.6. The zero-order valence-corrected chi connectivity index (χ0v) is 23.9. The molecular weight excluding hydrogens is 528 g/mol. The molecule has 9 heteroatoms. The van der Waals surface area contributed by atoms with Crippen molar-refractivity contribution in [2.24, 2.45) is 0 Å². The average molecular weight is 563 g/mol. The van der Waals surface area contributed by atoms with Crippen LogP contribution in [0.3, 0.4) is 0 Å². The highest BCUT2D eigenvalue weighted by molar-refractivity contribution is 6.30. The molecule has 0 aromatic heterocycles. The van der Waals surface area contributed by atoms with E-state index in [1.807, 2.05) is 30.9 Å². The van der Waals surface area contributed by atoms with E-state index in [1.165, 1.54) is 0 Å². The Morgan fingerprint density at radius 2 is 1.65 bits per heavy atom. The van der Waals surface area contributed by atoms with Crippen LogP contribution in [0, 0.1) is 0 Å². The molecule has 1 aliphatic heterocycles. The van der Waals surface area contributed by atoms with Gasteiger partial charge < -0.3 is 24.8 Å². The number of halogens is 1. The number of hydrogen-bond acceptors (Lipinski definition) is 5. The molecule has 1 fully saturated rings. The fraction of sp³-hybridized carbons (Fsp3) is 0.323. The fourth-order valence-corrected chi connectivity index (χ4v) is 4.97. The molecule has 0 bridgehead atoms. The number of amides is 3. The molecule has 0 aliphatic carbocycles. The molecule has 3 aromatic rings. The van der Waals surface area contributed by atoms with Gasteiger partial charge in [-0.1, -0.05) is 17.7 Å². The van der Waals surface area contributed by atoms with Crippen molar-refractivity contribution in [3.63, 3.8) is 0 Å². The maximum Gasteiger partial charge on any atom is 0.256 e. The number of carbonyl (C=O) groups excluding carboxylic acids is 3. The first kappa shape index (κ1) is 29.0. The van der Waals surface area contributed by atoms with Gasteiger partial charge in [0.25, 0.3) is 17.7 Å². The minimum atomic E-state index is -0.293. The lowest BCUT2D eigenvalue weighted by molar-refractivity contribution is 0.0760. The number of carbonyl (C=O) groups is 3. The molecule has 40 heavy (non-hydrogen) atoms. The van der Waals surface area contributed by atoms with Crippen molar-refractivity contribution in [1.29, 1.82) is 0 Å². The van der Waals surface area contributed by atoms with E-state index in [1.54, 1.807) is 66.6 Å². The Hall–Kier alpha value is -4.04. The number of nitrogens with zero attached hydrogens (tertiary/aromatic N) is 3. The summed E-state index contributed by atoms with van der Waals surface area (Å²) in [4.78, 5) is 45.5. The summed E-state index contributed by atoms with van der Waals surface area (Å²) in [6.45, 7) is 7.44. The summed E-state index contributed by atoms with van der Waals surface area (Å²) < 4.78 is 5.24. The Kier molecular flexibility index (Phi) is 9.66. The van der Waals surface area contributed by atoms with Crippen LogP contribution in [0.25, 0.3) is 0 Å². The van der Waals surface area contributed by atoms with Gasteiger partial charge in [-0.3, -0.25) is 14.4 Å². The van der Waals surface area contributed by atoms with Crippen LogP contribution in [0.4, 0.5) is 11.4 Å². The molecular formula is C31H35ClN4O4. The fourth-order valence-electron chi connectivity index (χ4n) is 4.85. The lowest BCUT2D eigenvalue weighted by Crippen LogP contribution is -2.36. The summed E-state index contributed by atoms with van der Waals surface area (Å²) >= 11 is 5.99. The third-order valence-corrected chi connectivity index (χ3v) is 7.33. The summed E-state index contributed by atoms with van der Waals surface area (Å²) in [5.74, 6) is 0.161. The zero-order chi connectivity index (χ0) is 28.6. The van der Waals surface area contributed by atoms with Crippen LogP contribution in [0.1, 0.15) is 51.3 Å². The molecule has 1 heterocycles. The third-order valence-electron chi connectivity index (χ3n) is 7.08. The Morgan fingerprint density at radius 1 is 0.900 bits per heavy atom. The standard InChI is InChI=1S/C31H35ClN4O4/c1-4-34(5-2)31(39)27-21-25(33-29(37)23-8-6-9-26(20-23)40-3)14-15-28(27)35-16-7-17-36(19-18-35)30(38)22-10-12-24(32)13-11-22/h6,8-15,20-21H,4-5,7,16-19H2,1-3H3,(H,33,37). The molecule has 3 amide bonds. The maximum atomic E-state index is 13.6. The number of ether oxygens (including phenoxy) is 1. The average Bonchev–Trinajstić information content (AvgIpc) is 3.24. The summed E-state index contributed by atoms with van der Waals surface area (Å²) in [7, 11) is 1.55. The van der Waals surface area contributed by atoms with Gasteiger partial charge in [0.15, 0.2) is 0 Å². The number of benzene rings is 3. The highest BCUT2D eigenvalue weighted by Gasteiger charge is 2.25. The van der Waals surface area contributed by atoms with Crippen molar-refractivity contribution in [1.82, 2.24) is 9.80 Å². The van der Waals surface area contributed by atoms with E-state index in [2.05, 4.69) is 10.2 Å². The summed E-state index contributed by atoms with van der Waals surface area (Å²) in [6.07, 6.45) is 0.757. The van der Waals surface area contributed by atoms with Gasteiger partial charge >= 0.3 is 0 Å². The number of hydrogen-bond donors (Lipinski definition) is 1. The molecule has 3 aromatic carbocycles. The molecule has 0 saturated carbocycles. The Balaban J connectivity index is 1.57. The molecule has 210 valence electrons. The quantitative estimate of drug-likeness (QED) is 0.395. The second-order valence-electron chi connectivity index (χ2n) is 9.54. The molecule has 0 unspecified atom stereocenters. The van der Waals surface area contributed by atoms with Crippen molar-refractivity contribution in [3.8, 4) is 5.75 Å². The van der Waals surface area contributed by atoms with Gasteiger partial charge in [0, 0.05) is 66.8 Å². The number of rotatable bonds is 8. The van der Waals surface area contributed by atoms with Crippen LogP contribution < -0.4 is 15.0 Å². The van der Waals surface area contributed by atoms with Gasteiger partial charge in [0.1, 0.15) is 5.75 Å². The van der Waals surface area contributed by atoms with E-state index < -0.39 is 0 Å². The normalized spacial score (nSPS) is 13.4. The summed E-state index contributed by atoms with van der Waals surface area (Å²) in [5, 5.41) is 3.51. The van der Waals surface area contributed by atoms with E-state index in [-0.39, 0.29) is 17.7 Å². The SMILES string of the molecule is CCN(CC)C(=O)c1cc(NC(=O)c2cccc(OC)c2)ccc1N1CCCN(C(=O)c2ccc(Cl)cc2)CC1. The smallest absolute Gasteiger partial charge is 0.256 e. The summed E-state index contributed by atoms with van der Waals surface area (Å²) in [6, 6.07) is 19.3. The van der Waals surface area contributed by atoms with Gasteiger partial charge in [0.05, 0.1) is 12.7 Å². The third kappa shape index (κ3) is 6.74. The second-order valence-corrected chi connectivity index (χ2v) is 9.97. The van der Waals surface area contributed by atoms with Crippen molar-refractivity contribution in [2.45, 2.75) is 20.3 Å². The largest absolute Gasteiger partial charge is 0.497 e. The molecule has 4 rings (SSSR count). The minimum absolute atomic E-state index is 0.0337. The number of anilines is 2. The van der Waals surface area contributed by atoms with Gasteiger partial charge in [-0.05, 0) is 80.9 Å². The first-order chi connectivity index (χ1) is 19.3. The van der Waals surface area contributed by atoms with Crippen LogP contribution in [0.2, 0.25) is 5.02 Å². The molecule has 0 radical (unpaired) electrons. The van der Waals surface area contributed by atoms with Crippen LogP contribution in [-0.4, -0.2) is 73.9 Å². The minimum Gasteiger partial charge on any atom is -0.497 e. The predicted molar refractivity (Wildman–Crippen MR) is 159 cm³/mol. The van der Waals surface area contributed by atoms with Crippen LogP contribution in [0.15, 0.2) is 66.7 Å². The second kappa shape index (κ2) is 13.3. The highest BCUT2D eigenvalue weighted by atomic mass is 35.5. The van der Waals surface area contributed by atoms with Crippen LogP contribution in [-0.2, 0) is 0 Å². The predicted octanol–water partition coefficient (Wildman–Crippen LogP) is 5.44. The Bertz CT molecular complexity index is 1360. The van der Waals surface area contributed by atoms with Crippen molar-refractivity contribution < 1.29 is 19.1 Å².